The molecule has 11 atom stereocenters. The number of nitrogens with one attached hydrogen (secondary N) is 2. The first-order chi connectivity index (χ1) is 64.1. The molecule has 0 aromatic heterocycles. The van der Waals surface area contributed by atoms with E-state index in [0.717, 1.165) is 55.1 Å². The van der Waals surface area contributed by atoms with Crippen LogP contribution in [-0.2, 0) is 119 Å². The number of thioether (sulfide) groups is 1. The number of hydrogen-bond acceptors (Lipinski definition) is 33. The van der Waals surface area contributed by atoms with Crippen molar-refractivity contribution < 1.29 is 134 Å². The van der Waals surface area contributed by atoms with Crippen molar-refractivity contribution in [1.82, 2.24) is 30.2 Å². The summed E-state index contributed by atoms with van der Waals surface area (Å²) in [5, 5.41) is 15.5. The number of urea groups is 1. The third-order valence-electron chi connectivity index (χ3n) is 26.9. The normalized spacial score (nSPS) is 21.3. The maximum Gasteiger partial charge on any atom is 0.508 e. The quantitative estimate of drug-likeness (QED) is 0.0167. The van der Waals surface area contributed by atoms with Crippen LogP contribution in [0.1, 0.15) is 279 Å². The highest BCUT2D eigenvalue weighted by Gasteiger charge is 2.59. The summed E-state index contributed by atoms with van der Waals surface area (Å²) < 4.78 is 75.9. The topological polar surface area (TPSA) is 408 Å². The van der Waals surface area contributed by atoms with E-state index in [0.29, 0.717) is 166 Å². The molecular formula is C98H164N6O28S. The fraction of sp³-hybridized carbons (Fsp3) is 0.847. The molecule has 35 heteroatoms. The van der Waals surface area contributed by atoms with Crippen LogP contribution in [0.15, 0.2) is 11.6 Å². The molecule has 2 heterocycles. The summed E-state index contributed by atoms with van der Waals surface area (Å²) >= 11 is 1.78. The molecule has 0 radical (unpaired) electrons. The summed E-state index contributed by atoms with van der Waals surface area (Å²) in [7, 11) is 3.34. The smallest absolute Gasteiger partial charge is 0.466 e. The first-order valence-electron chi connectivity index (χ1n) is 50.0. The van der Waals surface area contributed by atoms with Crippen molar-refractivity contribution in [2.75, 3.05) is 184 Å². The molecule has 0 aromatic rings. The van der Waals surface area contributed by atoms with Crippen LogP contribution in [-0.4, -0.2) is 310 Å². The Hall–Kier alpha value is -7.44. The first kappa shape index (κ1) is 114. The van der Waals surface area contributed by atoms with Gasteiger partial charge in [-0.15, -0.1) is 0 Å². The first-order valence-corrected chi connectivity index (χ1v) is 51.0. The van der Waals surface area contributed by atoms with E-state index in [1.165, 1.54) is 57.6 Å². The van der Waals surface area contributed by atoms with Gasteiger partial charge in [-0.2, -0.15) is 11.8 Å². The fourth-order valence-electron chi connectivity index (χ4n) is 19.4. The van der Waals surface area contributed by atoms with E-state index in [1.807, 2.05) is 33.6 Å². The van der Waals surface area contributed by atoms with Gasteiger partial charge in [0.25, 0.3) is 0 Å². The number of carbonyl (C=O) groups is 13. The number of carbonyl (C=O) groups excluding carboxylic acids is 13. The molecule has 34 nitrogen and oxygen atoms in total. The van der Waals surface area contributed by atoms with E-state index < -0.39 is 53.9 Å². The largest absolute Gasteiger partial charge is 0.508 e. The molecule has 760 valence electrons. The second-order valence-corrected chi connectivity index (χ2v) is 38.9. The highest BCUT2D eigenvalue weighted by molar-refractivity contribution is 8.00. The molecule has 0 bridgehead atoms. The van der Waals surface area contributed by atoms with Crippen LogP contribution in [0.3, 0.4) is 0 Å². The van der Waals surface area contributed by atoms with Crippen LogP contribution in [0.5, 0.6) is 0 Å². The zero-order valence-electron chi connectivity index (χ0n) is 81.6. The van der Waals surface area contributed by atoms with Crippen LogP contribution < -0.4 is 10.6 Å². The third-order valence-corrected chi connectivity index (χ3v) is 28.4. The van der Waals surface area contributed by atoms with Gasteiger partial charge in [-0.1, -0.05) is 72.5 Å². The van der Waals surface area contributed by atoms with Crippen molar-refractivity contribution in [3.8, 4) is 0 Å². The van der Waals surface area contributed by atoms with Gasteiger partial charge in [0.15, 0.2) is 0 Å². The monoisotopic (exact) mass is 1910 g/mol. The Morgan fingerprint density at radius 1 is 0.444 bits per heavy atom. The van der Waals surface area contributed by atoms with Crippen LogP contribution in [0.4, 0.5) is 9.59 Å². The molecule has 0 spiro atoms. The molecule has 6 aliphatic rings. The number of ether oxygens (including phenoxy) is 14. The van der Waals surface area contributed by atoms with Gasteiger partial charge in [-0.3, -0.25) is 52.7 Å². The average molecular weight is 1910 g/mol. The molecule has 3 saturated carbocycles. The Bertz CT molecular complexity index is 3500. The van der Waals surface area contributed by atoms with Gasteiger partial charge in [-0.05, 0) is 195 Å². The van der Waals surface area contributed by atoms with Crippen molar-refractivity contribution in [2.45, 2.75) is 303 Å². The predicted octanol–water partition coefficient (Wildman–Crippen LogP) is 12.3. The number of nitrogens with zero attached hydrogens (tertiary/aromatic N) is 4. The molecular weight excluding hydrogens is 1740 g/mol. The number of amides is 2. The van der Waals surface area contributed by atoms with Crippen LogP contribution in [0.2, 0.25) is 0 Å². The van der Waals surface area contributed by atoms with Crippen molar-refractivity contribution in [3.63, 3.8) is 0 Å². The summed E-state index contributed by atoms with van der Waals surface area (Å²) in [5.74, 6) is 0.551. The van der Waals surface area contributed by atoms with Gasteiger partial charge in [0.05, 0.1) is 149 Å². The van der Waals surface area contributed by atoms with E-state index in [1.54, 1.807) is 11.8 Å². The molecule has 5 unspecified atom stereocenters. The van der Waals surface area contributed by atoms with Gasteiger partial charge in [0.2, 0.25) is 0 Å². The zero-order chi connectivity index (χ0) is 96.4. The van der Waals surface area contributed by atoms with Crippen LogP contribution >= 0.6 is 11.8 Å². The number of unbranched alkanes of at least 4 members (excludes halogenated alkanes) is 4. The van der Waals surface area contributed by atoms with Crippen molar-refractivity contribution >= 4 is 89.6 Å². The maximum atomic E-state index is 13.4. The summed E-state index contributed by atoms with van der Waals surface area (Å²) in [6.07, 6.45) is 22.6. The lowest BCUT2D eigenvalue weighted by Crippen LogP contribution is -2.51. The number of allylic oxidation sites excluding steroid dienone is 1. The summed E-state index contributed by atoms with van der Waals surface area (Å²) in [5.41, 5.74) is 1.93. The predicted molar refractivity (Wildman–Crippen MR) is 497 cm³/mol. The molecule has 5 fully saturated rings. The van der Waals surface area contributed by atoms with E-state index in [4.69, 9.17) is 66.3 Å². The highest BCUT2D eigenvalue weighted by atomic mass is 32.2. The lowest BCUT2D eigenvalue weighted by Gasteiger charge is -2.58. The lowest BCUT2D eigenvalue weighted by atomic mass is 9.47. The van der Waals surface area contributed by atoms with E-state index >= 15 is 0 Å². The van der Waals surface area contributed by atoms with Crippen molar-refractivity contribution in [2.24, 2.45) is 46.3 Å². The van der Waals surface area contributed by atoms with E-state index in [9.17, 15) is 67.4 Å². The second-order valence-electron chi connectivity index (χ2n) is 37.6. The Kier molecular flexibility index (Phi) is 56.8. The molecule has 6 rings (SSSR count). The molecule has 2 aliphatic heterocycles. The number of fused-ring (bicyclic) bond motifs is 6. The summed E-state index contributed by atoms with van der Waals surface area (Å²) in [6.45, 7) is 19.7. The van der Waals surface area contributed by atoms with Crippen LogP contribution in [0, 0.1) is 46.3 Å². The average Bonchev–Trinajstić information content (AvgIpc) is 1.47. The molecule has 3 N–H and O–H groups in total. The van der Waals surface area contributed by atoms with Gasteiger partial charge in [-0.25, -0.2) is 9.59 Å². The maximum absolute atomic E-state index is 13.4. The summed E-state index contributed by atoms with van der Waals surface area (Å²) in [4.78, 5) is 171. The molecule has 0 aromatic carbocycles. The fourth-order valence-corrected chi connectivity index (χ4v) is 20.9. The minimum absolute atomic E-state index is 0.00250. The minimum Gasteiger partial charge on any atom is -0.466 e. The molecule has 2 saturated heterocycles. The SMILES string of the molecule is CCCC(=O)OCCCCOC(=O)CCN(CCCO)CCC(=O)OCCCCOC(=O)CCN(CCCOC(=O)CCC[C@@H]1SC[C@@H]2NC(=O)N[C@@H]21)CCC(=O)OCCCCOC(=O)CCN(CCCOC(=O)OC1CC[C@@]2(C)C(=CCC3C4CCC([C@H](C)CCCC(C)C)[C@@]4(C)CCC32)C1)CCC(=O)OCCCCOC(=O)CCN(C)CCCOC(=O)CCC(=O)OCCOC. The van der Waals surface area contributed by atoms with Crippen molar-refractivity contribution in [1.29, 1.82) is 0 Å². The van der Waals surface area contributed by atoms with Gasteiger partial charge in [0.1, 0.15) is 12.7 Å². The van der Waals surface area contributed by atoms with Gasteiger partial charge >= 0.3 is 77.8 Å². The number of aliphatic hydroxyl groups is 1. The van der Waals surface area contributed by atoms with Crippen molar-refractivity contribution in [3.05, 3.63) is 11.6 Å². The Labute approximate surface area is 794 Å². The number of esters is 11. The van der Waals surface area contributed by atoms with Crippen LogP contribution in [0.25, 0.3) is 0 Å². The van der Waals surface area contributed by atoms with E-state index in [-0.39, 0.29) is 236 Å². The number of hydrogen-bond donors (Lipinski definition) is 3. The molecule has 4 aliphatic carbocycles. The lowest BCUT2D eigenvalue weighted by molar-refractivity contribution is -0.151. The van der Waals surface area contributed by atoms with Gasteiger partial charge < -0.3 is 102 Å². The summed E-state index contributed by atoms with van der Waals surface area (Å²) in [6, 6.07) is -0.0441. The third kappa shape index (κ3) is 46.5. The standard InChI is InChI=1S/C98H164N6O28S/c1-9-24-83(106)120-58-10-11-60-122-88(111)38-51-102(47-20-57-105)52-39-89(112)123-62-14-15-63-125-90(113)40-53-103(48-22-67-128-84(107)28-19-27-82-94-81(72-133-82)99-95(117)100-94)54-41-91(114)126-64-16-17-65-127-93(116)43-56-104(55-42-92(115)124-61-13-12-59-121-87(110)37-50-101(7)46-21-66-129-85(108)33-34-86(109)130-70-69-119-8)49-23-68-131-96(118)132-76-35-44-97(5)75(71-76)29-30-77-79-32-31-78(74(4)26-18-25-73(2)3)98(79,6)45-36-80(77)97/h29,73-74,76-82,94,105H,9-28,30-72H2,1-8H3,(H2,99,100,117)/t74-,76?,77?,78?,79?,80?,81+,82+,94+,97+,98-/m1/s1. The minimum atomic E-state index is -0.709. The number of methoxy groups -OCH3 is 1. The number of aliphatic hydroxyl groups excluding tert-OH is 1. The molecule has 2 amide bonds. The Balaban J connectivity index is 0.895. The Morgan fingerprint density at radius 2 is 0.865 bits per heavy atom. The van der Waals surface area contributed by atoms with E-state index in [2.05, 4.69) is 51.3 Å². The Morgan fingerprint density at radius 3 is 1.32 bits per heavy atom. The van der Waals surface area contributed by atoms with Gasteiger partial charge in [0, 0.05) is 116 Å². The number of rotatable bonds is 74. The second kappa shape index (κ2) is 66.1. The molecule has 133 heavy (non-hydrogen) atoms. The highest BCUT2D eigenvalue weighted by Crippen LogP contribution is 2.67. The zero-order valence-corrected chi connectivity index (χ0v) is 82.4.